The highest BCUT2D eigenvalue weighted by molar-refractivity contribution is 6.12. The fraction of sp³-hybridized carbons (Fsp3) is 0.684. The predicted molar refractivity (Wildman–Crippen MR) is 103 cm³/mol. The van der Waals surface area contributed by atoms with E-state index in [0.29, 0.717) is 59.5 Å². The van der Waals surface area contributed by atoms with E-state index >= 15 is 0 Å². The topological polar surface area (TPSA) is 55.4 Å². The van der Waals surface area contributed by atoms with Crippen LogP contribution in [0.15, 0.2) is 38.0 Å². The molecule has 7 heteroatoms. The van der Waals surface area contributed by atoms with Crippen LogP contribution in [0.4, 0.5) is 0 Å². The molecule has 6 nitrogen and oxygen atoms in total. The van der Waals surface area contributed by atoms with Gasteiger partial charge in [-0.3, -0.25) is 0 Å². The molecule has 0 N–H and O–H groups in total. The molecule has 0 aliphatic rings. The fourth-order valence-corrected chi connectivity index (χ4v) is 1.94. The highest BCUT2D eigenvalue weighted by atomic mass is 28.1. The second kappa shape index (κ2) is 19.0. The molecular formula is C19H33O6Si. The van der Waals surface area contributed by atoms with Gasteiger partial charge >= 0.3 is 0 Å². The van der Waals surface area contributed by atoms with Crippen molar-refractivity contribution in [2.45, 2.75) is 24.9 Å². The highest BCUT2D eigenvalue weighted by Crippen LogP contribution is 2.11. The van der Waals surface area contributed by atoms with Gasteiger partial charge in [0.05, 0.1) is 59.5 Å². The molecule has 0 unspecified atom stereocenters. The molecule has 0 atom stereocenters. The summed E-state index contributed by atoms with van der Waals surface area (Å²) in [6, 6.07) is 0. The number of rotatable bonds is 21. The maximum Gasteiger partial charge on any atom is 0.248 e. The average molecular weight is 386 g/mol. The fourth-order valence-electron chi connectivity index (χ4n) is 1.64. The third-order valence-electron chi connectivity index (χ3n) is 2.96. The lowest BCUT2D eigenvalue weighted by atomic mass is 10.5. The Labute approximate surface area is 161 Å². The van der Waals surface area contributed by atoms with Crippen molar-refractivity contribution in [1.29, 1.82) is 0 Å². The Morgan fingerprint density at radius 2 is 0.846 bits per heavy atom. The molecule has 0 aromatic rings. The Kier molecular flexibility index (Phi) is 18.4. The van der Waals surface area contributed by atoms with Gasteiger partial charge in [-0.1, -0.05) is 18.2 Å². The molecule has 0 bridgehead atoms. The maximum absolute atomic E-state index is 5.64. The molecule has 0 fully saturated rings. The van der Waals surface area contributed by atoms with Crippen LogP contribution in [0, 0.1) is 0 Å². The number of hydrogen-bond acceptors (Lipinski definition) is 6. The van der Waals surface area contributed by atoms with E-state index in [1.54, 1.807) is 18.2 Å². The van der Waals surface area contributed by atoms with Gasteiger partial charge in [-0.2, -0.15) is 0 Å². The van der Waals surface area contributed by atoms with Crippen LogP contribution in [0.2, 0.25) is 0 Å². The third-order valence-corrected chi connectivity index (χ3v) is 3.39. The van der Waals surface area contributed by atoms with Crippen LogP contribution in [0.25, 0.3) is 0 Å². The SMILES string of the molecule is C=CCCOCCOC([Si])(OCCOCCC=C)OCCOCCC=C. The Hall–Kier alpha value is -0.803. The highest BCUT2D eigenvalue weighted by Gasteiger charge is 2.26. The number of ether oxygens (including phenoxy) is 6. The van der Waals surface area contributed by atoms with Crippen molar-refractivity contribution in [3.05, 3.63) is 38.0 Å². The van der Waals surface area contributed by atoms with E-state index in [-0.39, 0.29) is 0 Å². The first-order chi connectivity index (χ1) is 12.7. The number of hydrogen-bond donors (Lipinski definition) is 0. The monoisotopic (exact) mass is 385 g/mol. The van der Waals surface area contributed by atoms with E-state index in [2.05, 4.69) is 30.0 Å². The van der Waals surface area contributed by atoms with E-state index in [1.807, 2.05) is 0 Å². The predicted octanol–water partition coefficient (Wildman–Crippen LogP) is 2.59. The largest absolute Gasteiger partial charge is 0.379 e. The summed E-state index contributed by atoms with van der Waals surface area (Å²) >= 11 is 0. The molecular weight excluding hydrogens is 352 g/mol. The van der Waals surface area contributed by atoms with Crippen LogP contribution in [0.5, 0.6) is 0 Å². The molecule has 26 heavy (non-hydrogen) atoms. The van der Waals surface area contributed by atoms with E-state index in [0.717, 1.165) is 19.3 Å². The van der Waals surface area contributed by atoms with Gasteiger partial charge in [0, 0.05) is 0 Å². The van der Waals surface area contributed by atoms with Crippen LogP contribution < -0.4 is 0 Å². The van der Waals surface area contributed by atoms with Crippen molar-refractivity contribution in [3.8, 4) is 0 Å². The van der Waals surface area contributed by atoms with Crippen molar-refractivity contribution in [2.24, 2.45) is 0 Å². The second-order valence-corrected chi connectivity index (χ2v) is 5.78. The van der Waals surface area contributed by atoms with Crippen molar-refractivity contribution in [2.75, 3.05) is 59.5 Å². The van der Waals surface area contributed by atoms with Gasteiger partial charge in [0.15, 0.2) is 10.2 Å². The maximum atomic E-state index is 5.64. The van der Waals surface area contributed by atoms with E-state index < -0.39 is 5.60 Å². The average Bonchev–Trinajstić information content (AvgIpc) is 2.64. The first-order valence-corrected chi connectivity index (χ1v) is 9.41. The smallest absolute Gasteiger partial charge is 0.248 e. The normalized spacial score (nSPS) is 11.4. The molecule has 149 valence electrons. The quantitative estimate of drug-likeness (QED) is 0.131. The van der Waals surface area contributed by atoms with Gasteiger partial charge in [-0.15, -0.1) is 19.7 Å². The van der Waals surface area contributed by atoms with Crippen LogP contribution in [0.1, 0.15) is 19.3 Å². The Bertz CT molecular complexity index is 301. The molecule has 0 spiro atoms. The molecule has 3 radical (unpaired) electrons. The van der Waals surface area contributed by atoms with E-state index in [9.17, 15) is 0 Å². The lowest BCUT2D eigenvalue weighted by molar-refractivity contribution is -0.331. The Balaban J connectivity index is 4.07. The van der Waals surface area contributed by atoms with Gasteiger partial charge in [0.25, 0.3) is 0 Å². The van der Waals surface area contributed by atoms with Crippen LogP contribution >= 0.6 is 0 Å². The lowest BCUT2D eigenvalue weighted by Gasteiger charge is -2.30. The minimum atomic E-state index is -1.36. The summed E-state index contributed by atoms with van der Waals surface area (Å²) in [5.74, 6) is 0. The van der Waals surface area contributed by atoms with Gasteiger partial charge in [-0.25, -0.2) is 0 Å². The molecule has 0 heterocycles. The minimum absolute atomic E-state index is 0.315. The van der Waals surface area contributed by atoms with Gasteiger partial charge in [0.2, 0.25) is 5.60 Å². The summed E-state index contributed by atoms with van der Waals surface area (Å²) in [5, 5.41) is 0. The van der Waals surface area contributed by atoms with Crippen LogP contribution in [-0.4, -0.2) is 75.3 Å². The van der Waals surface area contributed by atoms with Gasteiger partial charge in [0.1, 0.15) is 0 Å². The summed E-state index contributed by atoms with van der Waals surface area (Å²) in [6.07, 6.45) is 7.82. The van der Waals surface area contributed by atoms with Crippen molar-refractivity contribution < 1.29 is 28.4 Å². The Morgan fingerprint density at radius 1 is 0.538 bits per heavy atom. The third kappa shape index (κ3) is 16.7. The molecule has 0 aliphatic carbocycles. The Morgan fingerprint density at radius 3 is 1.12 bits per heavy atom. The van der Waals surface area contributed by atoms with Crippen LogP contribution in [0.3, 0.4) is 0 Å². The molecule has 0 rings (SSSR count). The minimum Gasteiger partial charge on any atom is -0.379 e. The molecule has 0 aromatic heterocycles. The van der Waals surface area contributed by atoms with E-state index in [4.69, 9.17) is 28.4 Å². The standard InChI is InChI=1S/C19H33O6Si/c1-4-7-10-20-13-16-23-19(26,24-17-14-21-11-8-5-2)25-18-15-22-12-9-6-3/h4-6H,1-3,7-18H2. The van der Waals surface area contributed by atoms with Gasteiger partial charge < -0.3 is 28.4 Å². The second-order valence-electron chi connectivity index (χ2n) is 5.17. The van der Waals surface area contributed by atoms with Crippen molar-refractivity contribution in [1.82, 2.24) is 0 Å². The van der Waals surface area contributed by atoms with Gasteiger partial charge in [-0.05, 0) is 19.3 Å². The lowest BCUT2D eigenvalue weighted by Crippen LogP contribution is -2.42. The molecule has 0 saturated heterocycles. The zero-order chi connectivity index (χ0) is 19.3. The summed E-state index contributed by atoms with van der Waals surface area (Å²) in [6.45, 7) is 15.0. The molecule has 0 amide bonds. The summed E-state index contributed by atoms with van der Waals surface area (Å²) in [4.78, 5) is 0. The summed E-state index contributed by atoms with van der Waals surface area (Å²) < 4.78 is 33.2. The van der Waals surface area contributed by atoms with E-state index in [1.165, 1.54) is 0 Å². The van der Waals surface area contributed by atoms with Crippen molar-refractivity contribution >= 4 is 10.2 Å². The van der Waals surface area contributed by atoms with Crippen molar-refractivity contribution in [3.63, 3.8) is 0 Å². The molecule has 0 aromatic carbocycles. The zero-order valence-electron chi connectivity index (χ0n) is 15.8. The summed E-state index contributed by atoms with van der Waals surface area (Å²) in [7, 11) is 3.41. The van der Waals surface area contributed by atoms with Crippen LogP contribution in [-0.2, 0) is 28.4 Å². The first kappa shape index (κ1) is 25.2. The zero-order valence-corrected chi connectivity index (χ0v) is 16.8. The molecule has 0 saturated carbocycles. The summed E-state index contributed by atoms with van der Waals surface area (Å²) in [5.41, 5.74) is -1.36. The molecule has 0 aliphatic heterocycles. The first-order valence-electron chi connectivity index (χ1n) is 8.91.